The van der Waals surface area contributed by atoms with Crippen LogP contribution in [0, 0.1) is 5.82 Å². The van der Waals surface area contributed by atoms with E-state index in [1.807, 2.05) is 36.4 Å². The van der Waals surface area contributed by atoms with E-state index in [0.717, 1.165) is 29.7 Å². The number of nitrogens with zero attached hydrogens (tertiary/aromatic N) is 1. The highest BCUT2D eigenvalue weighted by atomic mass is 19.1. The summed E-state index contributed by atoms with van der Waals surface area (Å²) in [6.07, 6.45) is 0. The molecule has 0 aliphatic carbocycles. The van der Waals surface area contributed by atoms with Gasteiger partial charge in [0.05, 0.1) is 19.3 Å². The number of ether oxygens (including phenoxy) is 2. The van der Waals surface area contributed by atoms with Crippen LogP contribution in [-0.4, -0.2) is 31.3 Å². The molecule has 2 N–H and O–H groups in total. The van der Waals surface area contributed by atoms with Crippen LogP contribution in [0.2, 0.25) is 0 Å². The second-order valence-electron chi connectivity index (χ2n) is 6.48. The van der Waals surface area contributed by atoms with Crippen LogP contribution in [0.15, 0.2) is 60.7 Å². The van der Waals surface area contributed by atoms with Gasteiger partial charge < -0.3 is 24.8 Å². The lowest BCUT2D eigenvalue weighted by atomic mass is 10.1. The normalized spacial score (nSPS) is 12.7. The molecule has 4 rings (SSSR count). The van der Waals surface area contributed by atoms with Crippen LogP contribution in [0.25, 0.3) is 0 Å². The van der Waals surface area contributed by atoms with Gasteiger partial charge in [-0.15, -0.1) is 0 Å². The maximum absolute atomic E-state index is 13.8. The molecule has 0 bridgehead atoms. The third-order valence-electron chi connectivity index (χ3n) is 4.68. The van der Waals surface area contributed by atoms with E-state index in [4.69, 9.17) is 9.47 Å². The Morgan fingerprint density at radius 3 is 2.69 bits per heavy atom. The molecule has 0 unspecified atom stereocenters. The fourth-order valence-corrected chi connectivity index (χ4v) is 3.23. The first-order valence-electron chi connectivity index (χ1n) is 9.04. The number of hydrogen-bond donors (Lipinski definition) is 2. The van der Waals surface area contributed by atoms with Gasteiger partial charge in [0.1, 0.15) is 12.4 Å². The second-order valence-corrected chi connectivity index (χ2v) is 6.48. The van der Waals surface area contributed by atoms with E-state index < -0.39 is 17.5 Å². The number of carbonyl (C=O) groups excluding carboxylic acids is 1. The van der Waals surface area contributed by atoms with Crippen LogP contribution in [0.1, 0.15) is 10.4 Å². The van der Waals surface area contributed by atoms with Gasteiger partial charge in [0.25, 0.3) is 5.91 Å². The van der Waals surface area contributed by atoms with Gasteiger partial charge >= 0.3 is 0 Å². The quantitative estimate of drug-likeness (QED) is 0.690. The number of rotatable bonds is 4. The maximum atomic E-state index is 13.8. The zero-order valence-corrected chi connectivity index (χ0v) is 15.7. The molecule has 1 aliphatic heterocycles. The van der Waals surface area contributed by atoms with Crippen LogP contribution >= 0.6 is 0 Å². The predicted molar refractivity (Wildman–Crippen MR) is 108 cm³/mol. The number of phenolic OH excluding ortho intramolecular Hbond substituents is 1. The first kappa shape index (κ1) is 18.6. The molecule has 0 radical (unpaired) electrons. The van der Waals surface area contributed by atoms with E-state index in [9.17, 15) is 14.3 Å². The molecule has 0 fully saturated rings. The minimum atomic E-state index is -0.921. The Morgan fingerprint density at radius 1 is 1.17 bits per heavy atom. The number of nitrogens with one attached hydrogen (secondary N) is 1. The van der Waals surface area contributed by atoms with E-state index in [2.05, 4.69) is 10.2 Å². The Morgan fingerprint density at radius 2 is 1.93 bits per heavy atom. The van der Waals surface area contributed by atoms with Crippen molar-refractivity contribution in [2.75, 3.05) is 30.5 Å². The van der Waals surface area contributed by atoms with Crippen LogP contribution < -0.4 is 19.7 Å². The summed E-state index contributed by atoms with van der Waals surface area (Å²) < 4.78 is 24.4. The third kappa shape index (κ3) is 3.67. The molecule has 29 heavy (non-hydrogen) atoms. The number of methoxy groups -OCH3 is 1. The highest BCUT2D eigenvalue weighted by molar-refractivity contribution is 6.04. The van der Waals surface area contributed by atoms with E-state index in [1.54, 1.807) is 12.1 Å². The number of para-hydroxylation sites is 2. The van der Waals surface area contributed by atoms with E-state index in [0.29, 0.717) is 12.3 Å². The van der Waals surface area contributed by atoms with E-state index in [-0.39, 0.29) is 11.3 Å². The number of amides is 1. The SMILES string of the molecule is COc1cc(C(=O)Nc2ccc(N3CCOc4ccccc43)cc2)cc(F)c1O. The number of aromatic hydroxyl groups is 1. The summed E-state index contributed by atoms with van der Waals surface area (Å²) in [4.78, 5) is 14.6. The Kier molecular flexibility index (Phi) is 4.95. The minimum Gasteiger partial charge on any atom is -0.502 e. The molecular weight excluding hydrogens is 375 g/mol. The first-order chi connectivity index (χ1) is 14.1. The van der Waals surface area contributed by atoms with Crippen molar-refractivity contribution in [2.24, 2.45) is 0 Å². The molecule has 148 valence electrons. The Bertz CT molecular complexity index is 1050. The van der Waals surface area contributed by atoms with E-state index in [1.165, 1.54) is 13.2 Å². The largest absolute Gasteiger partial charge is 0.502 e. The van der Waals surface area contributed by atoms with Crippen molar-refractivity contribution < 1.29 is 23.8 Å². The lowest BCUT2D eigenvalue weighted by Crippen LogP contribution is -2.28. The minimum absolute atomic E-state index is 0.0448. The standard InChI is InChI=1S/C22H19FN2O4/c1-28-20-13-14(12-17(23)21(20)26)22(27)24-15-6-8-16(9-7-15)25-10-11-29-19-5-3-2-4-18(19)25/h2-9,12-13,26H,10-11H2,1H3,(H,24,27). The fraction of sp³-hybridized carbons (Fsp3) is 0.136. The molecule has 7 heteroatoms. The number of phenols is 1. The van der Waals surface area contributed by atoms with Crippen molar-refractivity contribution in [2.45, 2.75) is 0 Å². The Hall–Kier alpha value is -3.74. The van der Waals surface area contributed by atoms with Gasteiger partial charge in [-0.05, 0) is 48.5 Å². The lowest BCUT2D eigenvalue weighted by Gasteiger charge is -2.31. The van der Waals surface area contributed by atoms with Gasteiger partial charge in [-0.1, -0.05) is 12.1 Å². The summed E-state index contributed by atoms with van der Waals surface area (Å²) in [5, 5.41) is 12.3. The molecule has 6 nitrogen and oxygen atoms in total. The topological polar surface area (TPSA) is 71.0 Å². The molecule has 0 saturated carbocycles. The summed E-state index contributed by atoms with van der Waals surface area (Å²) in [5.74, 6) is -1.32. The highest BCUT2D eigenvalue weighted by Gasteiger charge is 2.19. The maximum Gasteiger partial charge on any atom is 0.255 e. The molecule has 0 spiro atoms. The molecule has 1 aliphatic rings. The second kappa shape index (κ2) is 7.71. The molecule has 0 saturated heterocycles. The van der Waals surface area contributed by atoms with Gasteiger partial charge in [-0.25, -0.2) is 4.39 Å². The monoisotopic (exact) mass is 394 g/mol. The predicted octanol–water partition coefficient (Wildman–Crippen LogP) is 4.32. The molecule has 3 aromatic rings. The van der Waals surface area contributed by atoms with Gasteiger partial charge in [0.2, 0.25) is 0 Å². The summed E-state index contributed by atoms with van der Waals surface area (Å²) in [6.45, 7) is 1.30. The number of halogens is 1. The van der Waals surface area contributed by atoms with Gasteiger partial charge in [0.15, 0.2) is 17.3 Å². The summed E-state index contributed by atoms with van der Waals surface area (Å²) >= 11 is 0. The average Bonchev–Trinajstić information content (AvgIpc) is 2.75. The fourth-order valence-electron chi connectivity index (χ4n) is 3.23. The molecule has 0 atom stereocenters. The number of anilines is 3. The van der Waals surface area contributed by atoms with E-state index >= 15 is 0 Å². The first-order valence-corrected chi connectivity index (χ1v) is 9.04. The van der Waals surface area contributed by atoms with Crippen LogP contribution in [0.3, 0.4) is 0 Å². The summed E-state index contributed by atoms with van der Waals surface area (Å²) in [6, 6.07) is 17.4. The number of benzene rings is 3. The van der Waals surface area contributed by atoms with Crippen LogP contribution in [0.4, 0.5) is 21.5 Å². The zero-order chi connectivity index (χ0) is 20.4. The average molecular weight is 394 g/mol. The summed E-state index contributed by atoms with van der Waals surface area (Å²) in [5.41, 5.74) is 2.56. The van der Waals surface area contributed by atoms with Crippen LogP contribution in [0.5, 0.6) is 17.2 Å². The van der Waals surface area contributed by atoms with Crippen molar-refractivity contribution in [3.05, 3.63) is 72.0 Å². The highest BCUT2D eigenvalue weighted by Crippen LogP contribution is 2.36. The zero-order valence-electron chi connectivity index (χ0n) is 15.7. The Labute approximate surface area is 167 Å². The van der Waals surface area contributed by atoms with Crippen LogP contribution in [-0.2, 0) is 0 Å². The van der Waals surface area contributed by atoms with Gasteiger partial charge in [-0.2, -0.15) is 0 Å². The number of hydrogen-bond acceptors (Lipinski definition) is 5. The van der Waals surface area contributed by atoms with Crippen molar-refractivity contribution in [1.29, 1.82) is 0 Å². The number of fused-ring (bicyclic) bond motifs is 1. The van der Waals surface area contributed by atoms with Crippen molar-refractivity contribution >= 4 is 23.0 Å². The van der Waals surface area contributed by atoms with Gasteiger partial charge in [0, 0.05) is 16.9 Å². The molecule has 0 aromatic heterocycles. The summed E-state index contributed by atoms with van der Waals surface area (Å²) in [7, 11) is 1.29. The molecule has 1 heterocycles. The molecule has 1 amide bonds. The van der Waals surface area contributed by atoms with Crippen molar-refractivity contribution in [3.8, 4) is 17.2 Å². The van der Waals surface area contributed by atoms with Crippen molar-refractivity contribution in [1.82, 2.24) is 0 Å². The molecular formula is C22H19FN2O4. The lowest BCUT2D eigenvalue weighted by molar-refractivity contribution is 0.102. The number of carbonyl (C=O) groups is 1. The smallest absolute Gasteiger partial charge is 0.255 e. The Balaban J connectivity index is 1.52. The third-order valence-corrected chi connectivity index (χ3v) is 4.68. The van der Waals surface area contributed by atoms with Crippen molar-refractivity contribution in [3.63, 3.8) is 0 Å². The molecule has 3 aromatic carbocycles. The van der Waals surface area contributed by atoms with Gasteiger partial charge in [-0.3, -0.25) is 4.79 Å².